The molecule has 3 atom stereocenters. The van der Waals surface area contributed by atoms with E-state index >= 15 is 0 Å². The smallest absolute Gasteiger partial charge is 0.209 e. The number of ketones is 1. The van der Waals surface area contributed by atoms with Gasteiger partial charge in [0.05, 0.1) is 44.9 Å². The zero-order valence-corrected chi connectivity index (χ0v) is 55.5. The van der Waals surface area contributed by atoms with Crippen LogP contribution in [0.4, 0.5) is 0 Å². The Labute approximate surface area is 558 Å². The monoisotopic (exact) mass is 1290 g/mol. The molecular formula is C77H94N8O10. The zero-order chi connectivity index (χ0) is 67.4. The maximum atomic E-state index is 11.8. The van der Waals surface area contributed by atoms with Gasteiger partial charge in [-0.2, -0.15) is 0 Å². The molecule has 18 nitrogen and oxygen atoms in total. The lowest BCUT2D eigenvalue weighted by molar-refractivity contribution is -0.0367. The SMILES string of the molecule is CC1(C)Oc2ccc(CN)cc2C1=O.CC1COc2ccc(CN)cc21.CC1Cc2cc(CN)ccc2O1.COC1Cc2cc(CN)ccc2O1.NCc1ccc2c(c1)CCO2.NCc1ccc2c(c1)COC2.NCc1ccc2c(c1)OCC2.NCc1ccc2ccoc2c1. The van der Waals surface area contributed by atoms with Crippen LogP contribution in [0.3, 0.4) is 0 Å². The predicted octanol–water partition coefficient (Wildman–Crippen LogP) is 10.9. The third-order valence-electron chi connectivity index (χ3n) is 17.0. The first-order valence-corrected chi connectivity index (χ1v) is 32.5. The van der Waals surface area contributed by atoms with Crippen LogP contribution >= 0.6 is 0 Å². The Bertz CT molecular complexity index is 3870. The normalized spacial score (nSPS) is 16.7. The molecule has 95 heavy (non-hydrogen) atoms. The molecular weight excluding hydrogens is 1200 g/mol. The third kappa shape index (κ3) is 18.9. The molecule has 0 aliphatic carbocycles. The van der Waals surface area contributed by atoms with Crippen molar-refractivity contribution < 1.29 is 47.1 Å². The number of fused-ring (bicyclic) bond motifs is 8. The van der Waals surface area contributed by atoms with Gasteiger partial charge in [0, 0.05) is 108 Å². The maximum Gasteiger partial charge on any atom is 0.209 e. The van der Waals surface area contributed by atoms with Gasteiger partial charge in [-0.3, -0.25) is 4.79 Å². The number of hydrogen-bond acceptors (Lipinski definition) is 18. The summed E-state index contributed by atoms with van der Waals surface area (Å²) in [6.07, 6.45) is 5.80. The van der Waals surface area contributed by atoms with Crippen LogP contribution in [0.5, 0.6) is 34.5 Å². The lowest BCUT2D eigenvalue weighted by Crippen LogP contribution is -2.31. The van der Waals surface area contributed by atoms with E-state index in [1.165, 1.54) is 61.2 Å². The third-order valence-corrected chi connectivity index (χ3v) is 17.0. The van der Waals surface area contributed by atoms with Gasteiger partial charge in [0.15, 0.2) is 5.60 Å². The van der Waals surface area contributed by atoms with Gasteiger partial charge in [0.25, 0.3) is 0 Å². The Morgan fingerprint density at radius 3 is 1.58 bits per heavy atom. The molecule has 1 aromatic heterocycles. The minimum atomic E-state index is -0.727. The van der Waals surface area contributed by atoms with Crippen molar-refractivity contribution in [3.8, 4) is 34.5 Å². The summed E-state index contributed by atoms with van der Waals surface area (Å²) >= 11 is 0. The fraction of sp³-hybridized carbons (Fsp3) is 0.338. The summed E-state index contributed by atoms with van der Waals surface area (Å²) in [5.41, 5.74) is 63.0. The summed E-state index contributed by atoms with van der Waals surface area (Å²) in [4.78, 5) is 11.8. The predicted molar refractivity (Wildman–Crippen MR) is 373 cm³/mol. The molecule has 16 N–H and O–H groups in total. The summed E-state index contributed by atoms with van der Waals surface area (Å²) in [6.45, 7) is 16.4. The van der Waals surface area contributed by atoms with Crippen LogP contribution in [0.15, 0.2) is 162 Å². The van der Waals surface area contributed by atoms with E-state index in [1.54, 1.807) is 27.2 Å². The Hall–Kier alpha value is -8.63. The van der Waals surface area contributed by atoms with Crippen molar-refractivity contribution in [2.24, 2.45) is 45.9 Å². The van der Waals surface area contributed by atoms with Crippen molar-refractivity contribution in [3.05, 3.63) is 247 Å². The Morgan fingerprint density at radius 2 is 0.937 bits per heavy atom. The second-order valence-electron chi connectivity index (χ2n) is 24.5. The largest absolute Gasteiger partial charge is 0.493 e. The molecule has 0 bridgehead atoms. The fourth-order valence-corrected chi connectivity index (χ4v) is 11.5. The molecule has 0 saturated heterocycles. The Balaban J connectivity index is 0.000000128. The molecule has 9 aromatic rings. The highest BCUT2D eigenvalue weighted by molar-refractivity contribution is 6.07. The van der Waals surface area contributed by atoms with Gasteiger partial charge in [0.2, 0.25) is 12.1 Å². The number of rotatable bonds is 9. The highest BCUT2D eigenvalue weighted by Crippen LogP contribution is 2.37. The average Bonchev–Trinajstić information content (AvgIpc) is 1.64. The fourth-order valence-electron chi connectivity index (χ4n) is 11.5. The minimum absolute atomic E-state index is 0.0304. The first-order chi connectivity index (χ1) is 46.1. The van der Waals surface area contributed by atoms with Crippen LogP contribution in [0.2, 0.25) is 0 Å². The van der Waals surface area contributed by atoms with Gasteiger partial charge in [-0.05, 0) is 148 Å². The van der Waals surface area contributed by atoms with Crippen molar-refractivity contribution in [2.75, 3.05) is 26.9 Å². The van der Waals surface area contributed by atoms with Crippen molar-refractivity contribution in [1.29, 1.82) is 0 Å². The second-order valence-corrected chi connectivity index (χ2v) is 24.5. The van der Waals surface area contributed by atoms with E-state index in [4.69, 9.17) is 88.2 Å². The quantitative estimate of drug-likeness (QED) is 0.0666. The topological polar surface area (TPSA) is 312 Å². The molecule has 7 aliphatic rings. The molecule has 18 heteroatoms. The van der Waals surface area contributed by atoms with E-state index in [0.717, 1.165) is 121 Å². The van der Waals surface area contributed by atoms with E-state index < -0.39 is 5.60 Å². The summed E-state index contributed by atoms with van der Waals surface area (Å²) in [5.74, 6) is 6.24. The molecule has 7 aliphatic heterocycles. The molecule has 502 valence electrons. The van der Waals surface area contributed by atoms with E-state index in [1.807, 2.05) is 97.1 Å². The number of hydrogen-bond donors (Lipinski definition) is 8. The number of methoxy groups -OCH3 is 1. The van der Waals surface area contributed by atoms with Gasteiger partial charge in [0.1, 0.15) is 46.2 Å². The molecule has 8 aromatic carbocycles. The lowest BCUT2D eigenvalue weighted by Gasteiger charge is -2.14. The number of nitrogens with two attached hydrogens (primary N) is 8. The van der Waals surface area contributed by atoms with Crippen molar-refractivity contribution in [3.63, 3.8) is 0 Å². The van der Waals surface area contributed by atoms with Gasteiger partial charge < -0.3 is 88.2 Å². The van der Waals surface area contributed by atoms with E-state index in [2.05, 4.69) is 68.4 Å². The molecule has 0 spiro atoms. The number of ether oxygens (including phenoxy) is 8. The summed E-state index contributed by atoms with van der Waals surface area (Å²) in [6, 6.07) is 50.5. The van der Waals surface area contributed by atoms with Crippen molar-refractivity contribution in [2.45, 2.75) is 143 Å². The van der Waals surface area contributed by atoms with Crippen LogP contribution in [0.25, 0.3) is 11.0 Å². The van der Waals surface area contributed by atoms with E-state index in [9.17, 15) is 4.79 Å². The number of carbonyl (C=O) groups excluding carboxylic acids is 1. The molecule has 0 amide bonds. The van der Waals surface area contributed by atoms with Crippen molar-refractivity contribution in [1.82, 2.24) is 0 Å². The Kier molecular flexibility index (Phi) is 25.4. The van der Waals surface area contributed by atoms with Gasteiger partial charge in [-0.25, -0.2) is 0 Å². The average molecular weight is 1290 g/mol. The summed E-state index contributed by atoms with van der Waals surface area (Å²) in [7, 11) is 1.65. The van der Waals surface area contributed by atoms with Crippen LogP contribution in [-0.2, 0) is 101 Å². The number of benzene rings is 8. The lowest BCUT2D eigenvalue weighted by atomic mass is 9.98. The van der Waals surface area contributed by atoms with Gasteiger partial charge in [-0.1, -0.05) is 104 Å². The standard InChI is InChI=1S/C11H13NO2.C10H13NO2.2C10H13NO.3C9H11NO.C9H9NO/c1-11(2)10(13)8-5-7(6-12)3-4-9(8)14-11;1-12-10-5-8-4-7(6-11)2-3-9(8)13-10;1-7-6-12-10-3-2-8(5-11)4-9(7)10;1-7-4-9-5-8(6-11)2-3-10(9)12-7;10-4-7-1-2-8-5-11-6-9(8)3-7;10-6-7-1-2-9-8(5-7)3-4-11-9;2*10-6-7-1-2-8-3-4-11-9(8)5-7/h3-5H,6,12H2,1-2H3;2-4,10H,5-6,11H2,1H3;2-4,7H,5-6,11H2,1H3;2-3,5,7H,4,6,11H2,1H3;1-3H,4-6,10H2;2*1-2,5H,3-4,6,10H2;1-5H,6,10H2. The van der Waals surface area contributed by atoms with Crippen LogP contribution in [0, 0.1) is 0 Å². The maximum absolute atomic E-state index is 11.8. The molecule has 0 fully saturated rings. The first kappa shape index (κ1) is 70.7. The summed E-state index contributed by atoms with van der Waals surface area (Å²) in [5, 5.41) is 1.13. The number of carbonyl (C=O) groups is 1. The molecule has 0 radical (unpaired) electrons. The number of furan rings is 1. The summed E-state index contributed by atoms with van der Waals surface area (Å²) < 4.78 is 48.4. The van der Waals surface area contributed by atoms with Crippen LogP contribution < -0.4 is 74.3 Å². The molecule has 3 unspecified atom stereocenters. The zero-order valence-electron chi connectivity index (χ0n) is 55.5. The van der Waals surface area contributed by atoms with Crippen molar-refractivity contribution >= 4 is 16.8 Å². The Morgan fingerprint density at radius 1 is 0.453 bits per heavy atom. The van der Waals surface area contributed by atoms with Gasteiger partial charge in [-0.15, -0.1) is 0 Å². The molecule has 0 saturated carbocycles. The van der Waals surface area contributed by atoms with Crippen LogP contribution in [-0.4, -0.2) is 50.7 Å². The van der Waals surface area contributed by atoms with E-state index in [-0.39, 0.29) is 12.1 Å². The molecule has 8 heterocycles. The van der Waals surface area contributed by atoms with E-state index in [0.29, 0.717) is 75.7 Å². The second kappa shape index (κ2) is 34.2. The highest BCUT2D eigenvalue weighted by Gasteiger charge is 2.39. The number of Topliss-reactive ketones (excluding diaryl/α,β-unsaturated/α-hetero) is 1. The first-order valence-electron chi connectivity index (χ1n) is 32.5. The highest BCUT2D eigenvalue weighted by atomic mass is 16.7. The molecule has 16 rings (SSSR count). The minimum Gasteiger partial charge on any atom is -0.493 e. The van der Waals surface area contributed by atoms with Crippen LogP contribution in [0.1, 0.15) is 127 Å². The van der Waals surface area contributed by atoms with Gasteiger partial charge >= 0.3 is 0 Å².